The Morgan fingerprint density at radius 3 is 3.05 bits per heavy atom. The summed E-state index contributed by atoms with van der Waals surface area (Å²) in [7, 11) is 0. The van der Waals surface area contributed by atoms with Crippen molar-refractivity contribution >= 4 is 21.8 Å². The van der Waals surface area contributed by atoms with Crippen molar-refractivity contribution in [1.82, 2.24) is 9.47 Å². The predicted octanol–water partition coefficient (Wildman–Crippen LogP) is 2.65. The van der Waals surface area contributed by atoms with Crippen LogP contribution in [-0.4, -0.2) is 39.7 Å². The van der Waals surface area contributed by atoms with Crippen LogP contribution in [0, 0.1) is 0 Å². The Kier molecular flexibility index (Phi) is 5.05. The van der Waals surface area contributed by atoms with E-state index in [1.54, 1.807) is 0 Å². The van der Waals surface area contributed by atoms with Crippen LogP contribution >= 0.6 is 15.9 Å². The predicted molar refractivity (Wildman–Crippen MR) is 78.2 cm³/mol. The summed E-state index contributed by atoms with van der Waals surface area (Å²) in [6, 6.07) is 2.19. The minimum atomic E-state index is 0.119. The number of rotatable bonds is 5. The van der Waals surface area contributed by atoms with E-state index in [-0.39, 0.29) is 12.5 Å². The number of hydrogen-bond donors (Lipinski definition) is 1. The van der Waals surface area contributed by atoms with Crippen molar-refractivity contribution in [3.8, 4) is 0 Å². The van der Waals surface area contributed by atoms with Gasteiger partial charge in [-0.25, -0.2) is 0 Å². The van der Waals surface area contributed by atoms with Gasteiger partial charge in [0.15, 0.2) is 0 Å². The van der Waals surface area contributed by atoms with Crippen molar-refractivity contribution in [1.29, 1.82) is 0 Å². The molecule has 106 valence electrons. The maximum absolute atomic E-state index is 12.6. The van der Waals surface area contributed by atoms with Gasteiger partial charge in [-0.15, -0.1) is 0 Å². The molecule has 1 amide bonds. The van der Waals surface area contributed by atoms with E-state index in [9.17, 15) is 4.79 Å². The average Bonchev–Trinajstić information content (AvgIpc) is 3.01. The van der Waals surface area contributed by atoms with E-state index in [0.717, 1.165) is 48.9 Å². The number of carbonyl (C=O) groups excluding carboxylic acids is 1. The lowest BCUT2D eigenvalue weighted by atomic mass is 10.1. The Morgan fingerprint density at radius 1 is 1.58 bits per heavy atom. The number of likely N-dealkylation sites (tertiary alicyclic amines) is 1. The van der Waals surface area contributed by atoms with Crippen molar-refractivity contribution in [2.24, 2.45) is 0 Å². The smallest absolute Gasteiger partial charge is 0.270 e. The number of nitrogens with zero attached hydrogens (tertiary/aromatic N) is 2. The van der Waals surface area contributed by atoms with E-state index in [1.807, 2.05) is 28.7 Å². The first-order chi connectivity index (χ1) is 9.17. The molecule has 0 aliphatic carbocycles. The zero-order valence-corrected chi connectivity index (χ0v) is 12.9. The summed E-state index contributed by atoms with van der Waals surface area (Å²) in [6.07, 6.45) is 5.74. The second-order valence-electron chi connectivity index (χ2n) is 4.99. The summed E-state index contributed by atoms with van der Waals surface area (Å²) in [4.78, 5) is 14.6. The van der Waals surface area contributed by atoms with Gasteiger partial charge in [-0.3, -0.25) is 4.79 Å². The number of carbonyl (C=O) groups is 1. The van der Waals surface area contributed by atoms with Crippen LogP contribution in [-0.2, 0) is 6.54 Å². The first-order valence-corrected chi connectivity index (χ1v) is 7.74. The van der Waals surface area contributed by atoms with Gasteiger partial charge in [-0.1, -0.05) is 0 Å². The molecule has 4 nitrogen and oxygen atoms in total. The second-order valence-corrected chi connectivity index (χ2v) is 5.91. The molecular formula is C14H21BrN2O2. The van der Waals surface area contributed by atoms with Gasteiger partial charge in [-0.05, 0) is 54.6 Å². The van der Waals surface area contributed by atoms with Gasteiger partial charge in [0.05, 0.1) is 0 Å². The molecule has 2 rings (SSSR count). The summed E-state index contributed by atoms with van der Waals surface area (Å²) in [6.45, 7) is 3.87. The van der Waals surface area contributed by atoms with Gasteiger partial charge in [0.25, 0.3) is 5.91 Å². The summed E-state index contributed by atoms with van der Waals surface area (Å²) < 4.78 is 2.93. The highest BCUT2D eigenvalue weighted by Crippen LogP contribution is 2.25. The van der Waals surface area contributed by atoms with Crippen LogP contribution in [0.25, 0.3) is 0 Å². The molecule has 1 unspecified atom stereocenters. The number of aliphatic hydroxyl groups is 1. The van der Waals surface area contributed by atoms with E-state index in [2.05, 4.69) is 15.9 Å². The van der Waals surface area contributed by atoms with Crippen molar-refractivity contribution in [2.75, 3.05) is 13.2 Å². The third-order valence-electron chi connectivity index (χ3n) is 3.76. The molecule has 1 fully saturated rings. The first kappa shape index (κ1) is 14.6. The molecule has 1 N–H and O–H groups in total. The van der Waals surface area contributed by atoms with Crippen LogP contribution in [0.15, 0.2) is 16.7 Å². The fourth-order valence-electron chi connectivity index (χ4n) is 2.79. The maximum Gasteiger partial charge on any atom is 0.270 e. The monoisotopic (exact) mass is 328 g/mol. The molecule has 2 heterocycles. The third kappa shape index (κ3) is 3.20. The normalized spacial score (nSPS) is 19.1. The highest BCUT2D eigenvalue weighted by Gasteiger charge is 2.30. The molecule has 0 spiro atoms. The molecule has 5 heteroatoms. The van der Waals surface area contributed by atoms with Crippen molar-refractivity contribution in [2.45, 2.75) is 45.2 Å². The number of hydrogen-bond acceptors (Lipinski definition) is 2. The molecule has 19 heavy (non-hydrogen) atoms. The molecule has 1 aromatic rings. The Labute approximate surface area is 122 Å². The van der Waals surface area contributed by atoms with Gasteiger partial charge in [0.1, 0.15) is 5.69 Å². The van der Waals surface area contributed by atoms with Crippen molar-refractivity contribution in [3.05, 3.63) is 22.4 Å². The lowest BCUT2D eigenvalue weighted by Gasteiger charge is -2.25. The summed E-state index contributed by atoms with van der Waals surface area (Å²) in [5.74, 6) is 0.119. The zero-order chi connectivity index (χ0) is 13.8. The van der Waals surface area contributed by atoms with E-state index < -0.39 is 0 Å². The third-order valence-corrected chi connectivity index (χ3v) is 4.19. The fourth-order valence-corrected chi connectivity index (χ4v) is 3.26. The topological polar surface area (TPSA) is 45.5 Å². The Hall–Kier alpha value is -0.810. The van der Waals surface area contributed by atoms with Crippen LogP contribution in [0.4, 0.5) is 0 Å². The average molecular weight is 329 g/mol. The van der Waals surface area contributed by atoms with E-state index in [4.69, 9.17) is 5.11 Å². The van der Waals surface area contributed by atoms with Crippen LogP contribution in [0.3, 0.4) is 0 Å². The number of halogens is 1. The highest BCUT2D eigenvalue weighted by molar-refractivity contribution is 9.10. The largest absolute Gasteiger partial charge is 0.396 e. The SMILES string of the molecule is CCn1cc(Br)cc1C(=O)N1CCCC1CCCO. The molecule has 0 bridgehead atoms. The van der Waals surface area contributed by atoms with Gasteiger partial charge in [-0.2, -0.15) is 0 Å². The summed E-state index contributed by atoms with van der Waals surface area (Å²) in [5.41, 5.74) is 0.755. The lowest BCUT2D eigenvalue weighted by Crippen LogP contribution is -2.36. The van der Waals surface area contributed by atoms with Crippen molar-refractivity contribution < 1.29 is 9.90 Å². The van der Waals surface area contributed by atoms with E-state index in [1.165, 1.54) is 0 Å². The standard InChI is InChI=1S/C14H21BrN2O2/c1-2-16-10-11(15)9-13(16)14(19)17-7-3-5-12(17)6-4-8-18/h9-10,12,18H,2-8H2,1H3. The molecule has 0 radical (unpaired) electrons. The molecule has 1 atom stereocenters. The number of aliphatic hydroxyl groups excluding tert-OH is 1. The molecule has 0 aromatic carbocycles. The minimum absolute atomic E-state index is 0.119. The van der Waals surface area contributed by atoms with Gasteiger partial charge in [0, 0.05) is 36.4 Å². The molecular weight excluding hydrogens is 308 g/mol. The lowest BCUT2D eigenvalue weighted by molar-refractivity contribution is 0.0713. The van der Waals surface area contributed by atoms with Crippen LogP contribution in [0.5, 0.6) is 0 Å². The Balaban J connectivity index is 2.13. The minimum Gasteiger partial charge on any atom is -0.396 e. The van der Waals surface area contributed by atoms with Crippen LogP contribution < -0.4 is 0 Å². The number of amides is 1. The van der Waals surface area contributed by atoms with Crippen molar-refractivity contribution in [3.63, 3.8) is 0 Å². The van der Waals surface area contributed by atoms with Crippen LogP contribution in [0.1, 0.15) is 43.1 Å². The zero-order valence-electron chi connectivity index (χ0n) is 11.3. The molecule has 0 saturated carbocycles. The number of aryl methyl sites for hydroxylation is 1. The van der Waals surface area contributed by atoms with E-state index >= 15 is 0 Å². The Bertz CT molecular complexity index is 445. The Morgan fingerprint density at radius 2 is 2.37 bits per heavy atom. The number of aromatic nitrogens is 1. The van der Waals surface area contributed by atoms with Gasteiger partial charge in [0.2, 0.25) is 0 Å². The van der Waals surface area contributed by atoms with Gasteiger partial charge < -0.3 is 14.6 Å². The summed E-state index contributed by atoms with van der Waals surface area (Å²) in [5, 5.41) is 8.94. The highest BCUT2D eigenvalue weighted by atomic mass is 79.9. The molecule has 1 aliphatic heterocycles. The first-order valence-electron chi connectivity index (χ1n) is 6.95. The molecule has 1 saturated heterocycles. The van der Waals surface area contributed by atoms with Crippen LogP contribution in [0.2, 0.25) is 0 Å². The van der Waals surface area contributed by atoms with E-state index in [0.29, 0.717) is 6.04 Å². The maximum atomic E-state index is 12.6. The molecule has 1 aromatic heterocycles. The second kappa shape index (κ2) is 6.57. The quantitative estimate of drug-likeness (QED) is 0.903. The molecule has 1 aliphatic rings. The van der Waals surface area contributed by atoms with Gasteiger partial charge >= 0.3 is 0 Å². The fraction of sp³-hybridized carbons (Fsp3) is 0.643. The summed E-state index contributed by atoms with van der Waals surface area (Å²) >= 11 is 3.43.